The molecule has 26 heavy (non-hydrogen) atoms. The van der Waals surface area contributed by atoms with Gasteiger partial charge in [0.05, 0.1) is 12.8 Å². The first kappa shape index (κ1) is 18.0. The number of rotatable bonds is 6. The first-order chi connectivity index (χ1) is 12.6. The van der Waals surface area contributed by atoms with Crippen LogP contribution in [-0.2, 0) is 4.74 Å². The largest absolute Gasteiger partial charge is 0.462 e. The van der Waals surface area contributed by atoms with Gasteiger partial charge in [0, 0.05) is 10.7 Å². The molecule has 2 heterocycles. The van der Waals surface area contributed by atoms with Crippen molar-refractivity contribution in [2.45, 2.75) is 6.92 Å². The van der Waals surface area contributed by atoms with Crippen LogP contribution in [0.4, 0.5) is 11.6 Å². The first-order valence-electron chi connectivity index (χ1n) is 7.49. The van der Waals surface area contributed by atoms with Crippen LogP contribution in [-0.4, -0.2) is 33.7 Å². The summed E-state index contributed by atoms with van der Waals surface area (Å²) in [6.45, 7) is 1.90. The van der Waals surface area contributed by atoms with E-state index in [0.717, 1.165) is 0 Å². The zero-order valence-corrected chi connectivity index (χ0v) is 15.0. The predicted molar refractivity (Wildman–Crippen MR) is 97.4 cm³/mol. The molecule has 1 N–H and O–H groups in total. The molecule has 0 fully saturated rings. The van der Waals surface area contributed by atoms with Crippen LogP contribution in [0.15, 0.2) is 46.4 Å². The Bertz CT molecular complexity index is 920. The van der Waals surface area contributed by atoms with E-state index < -0.39 is 5.97 Å². The molecule has 3 rings (SSSR count). The van der Waals surface area contributed by atoms with E-state index in [1.54, 1.807) is 31.2 Å². The third kappa shape index (κ3) is 4.04. The molecule has 2 aromatic heterocycles. The number of carbonyl (C=O) groups excluding carboxylic acids is 1. The quantitative estimate of drug-likeness (QED) is 0.502. The second-order valence-electron chi connectivity index (χ2n) is 4.92. The molecule has 0 aliphatic carbocycles. The molecule has 0 radical (unpaired) electrons. The van der Waals surface area contributed by atoms with Gasteiger partial charge in [0.1, 0.15) is 23.2 Å². The number of hydrogen-bond acceptors (Lipinski definition) is 7. The van der Waals surface area contributed by atoms with Gasteiger partial charge in [-0.2, -0.15) is 5.10 Å². The number of halogens is 2. The summed E-state index contributed by atoms with van der Waals surface area (Å²) in [5.41, 5.74) is 0.737. The number of nitrogens with zero attached hydrogens (tertiary/aromatic N) is 4. The van der Waals surface area contributed by atoms with E-state index in [0.29, 0.717) is 10.7 Å². The number of benzene rings is 1. The second kappa shape index (κ2) is 8.03. The van der Waals surface area contributed by atoms with Crippen molar-refractivity contribution in [2.24, 2.45) is 5.10 Å². The molecule has 134 valence electrons. The lowest BCUT2D eigenvalue weighted by molar-refractivity contribution is 0.0527. The van der Waals surface area contributed by atoms with Gasteiger partial charge in [-0.1, -0.05) is 23.2 Å². The number of carbonyl (C=O) groups is 1. The van der Waals surface area contributed by atoms with Gasteiger partial charge >= 0.3 is 5.97 Å². The Labute approximate surface area is 158 Å². The minimum Gasteiger partial charge on any atom is -0.462 e. The minimum atomic E-state index is -0.610. The molecule has 8 nitrogen and oxygen atoms in total. The monoisotopic (exact) mass is 393 g/mol. The molecule has 0 spiro atoms. The average molecular weight is 394 g/mol. The standard InChI is InChI=1S/C16H13Cl2N5O3/c1-2-25-16(24)13-14(18)12(7-21-23-8-19-20-9-23)26-15(13)22-11-5-3-10(17)4-6-11/h3-9,22H,2H2,1H3/b21-7-. The summed E-state index contributed by atoms with van der Waals surface area (Å²) >= 11 is 12.2. The summed E-state index contributed by atoms with van der Waals surface area (Å²) in [6.07, 6.45) is 4.14. The van der Waals surface area contributed by atoms with Crippen molar-refractivity contribution in [1.82, 2.24) is 14.9 Å². The van der Waals surface area contributed by atoms with Crippen LogP contribution in [0.2, 0.25) is 10.0 Å². The number of aromatic nitrogens is 3. The Kier molecular flexibility index (Phi) is 5.55. The Morgan fingerprint density at radius 1 is 1.31 bits per heavy atom. The lowest BCUT2D eigenvalue weighted by Gasteiger charge is -2.06. The highest BCUT2D eigenvalue weighted by Crippen LogP contribution is 2.34. The maximum absolute atomic E-state index is 12.3. The van der Waals surface area contributed by atoms with Gasteiger partial charge in [0.15, 0.2) is 5.76 Å². The molecule has 0 unspecified atom stereocenters. The van der Waals surface area contributed by atoms with Gasteiger partial charge in [-0.15, -0.1) is 10.2 Å². The summed E-state index contributed by atoms with van der Waals surface area (Å²) in [6, 6.07) is 6.87. The molecular weight excluding hydrogens is 381 g/mol. The van der Waals surface area contributed by atoms with Gasteiger partial charge in [-0.05, 0) is 31.2 Å². The van der Waals surface area contributed by atoms with E-state index in [-0.39, 0.29) is 28.8 Å². The number of hydrogen-bond donors (Lipinski definition) is 1. The highest BCUT2D eigenvalue weighted by atomic mass is 35.5. The lowest BCUT2D eigenvalue weighted by atomic mass is 10.2. The number of anilines is 2. The fourth-order valence-electron chi connectivity index (χ4n) is 2.02. The number of ether oxygens (including phenoxy) is 1. The van der Waals surface area contributed by atoms with E-state index in [2.05, 4.69) is 20.6 Å². The Morgan fingerprint density at radius 3 is 2.65 bits per heavy atom. The molecule has 0 aliphatic rings. The van der Waals surface area contributed by atoms with E-state index >= 15 is 0 Å². The highest BCUT2D eigenvalue weighted by Gasteiger charge is 2.25. The van der Waals surface area contributed by atoms with Gasteiger partial charge in [0.25, 0.3) is 0 Å². The molecule has 0 atom stereocenters. The van der Waals surface area contributed by atoms with E-state index in [1.807, 2.05) is 0 Å². The number of nitrogens with one attached hydrogen (secondary N) is 1. The third-order valence-corrected chi connectivity index (χ3v) is 3.80. The van der Waals surface area contributed by atoms with Gasteiger partial charge in [-0.25, -0.2) is 9.47 Å². The van der Waals surface area contributed by atoms with Gasteiger partial charge in [-0.3, -0.25) is 0 Å². The first-order valence-corrected chi connectivity index (χ1v) is 8.25. The van der Waals surface area contributed by atoms with Crippen molar-refractivity contribution in [2.75, 3.05) is 11.9 Å². The smallest absolute Gasteiger partial charge is 0.345 e. The Hall–Kier alpha value is -2.84. The fraction of sp³-hybridized carbons (Fsp3) is 0.125. The van der Waals surface area contributed by atoms with E-state index in [4.69, 9.17) is 32.4 Å². The van der Waals surface area contributed by atoms with Crippen molar-refractivity contribution in [3.8, 4) is 0 Å². The minimum absolute atomic E-state index is 0.0775. The van der Waals surface area contributed by atoms with Crippen LogP contribution in [0.25, 0.3) is 0 Å². The number of furan rings is 1. The van der Waals surface area contributed by atoms with Crippen LogP contribution in [0.1, 0.15) is 23.0 Å². The average Bonchev–Trinajstić information content (AvgIpc) is 3.23. The summed E-state index contributed by atoms with van der Waals surface area (Å²) in [7, 11) is 0. The van der Waals surface area contributed by atoms with Gasteiger partial charge in [0.2, 0.25) is 5.88 Å². The molecule has 0 amide bonds. The molecule has 1 aromatic carbocycles. The van der Waals surface area contributed by atoms with Crippen molar-refractivity contribution in [1.29, 1.82) is 0 Å². The molecule has 0 saturated carbocycles. The van der Waals surface area contributed by atoms with Crippen molar-refractivity contribution >= 4 is 47.0 Å². The summed E-state index contributed by atoms with van der Waals surface area (Å²) in [5.74, 6) is -0.289. The van der Waals surface area contributed by atoms with Crippen LogP contribution >= 0.6 is 23.2 Å². The fourth-order valence-corrected chi connectivity index (χ4v) is 2.40. The maximum Gasteiger partial charge on any atom is 0.345 e. The predicted octanol–water partition coefficient (Wildman–Crippen LogP) is 3.98. The summed E-state index contributed by atoms with van der Waals surface area (Å²) in [4.78, 5) is 12.3. The molecule has 0 saturated heterocycles. The summed E-state index contributed by atoms with van der Waals surface area (Å²) < 4.78 is 12.1. The number of esters is 1. The molecular formula is C16H13Cl2N5O3. The van der Waals surface area contributed by atoms with Crippen LogP contribution in [0.5, 0.6) is 0 Å². The third-order valence-electron chi connectivity index (χ3n) is 3.17. The topological polar surface area (TPSA) is 94.5 Å². The normalized spacial score (nSPS) is 11.0. The van der Waals surface area contributed by atoms with Gasteiger partial charge < -0.3 is 14.5 Å². The lowest BCUT2D eigenvalue weighted by Crippen LogP contribution is -2.06. The van der Waals surface area contributed by atoms with Crippen LogP contribution < -0.4 is 5.32 Å². The highest BCUT2D eigenvalue weighted by molar-refractivity contribution is 6.36. The zero-order chi connectivity index (χ0) is 18.5. The molecule has 3 aromatic rings. The van der Waals surface area contributed by atoms with Crippen LogP contribution in [0.3, 0.4) is 0 Å². The van der Waals surface area contributed by atoms with E-state index in [1.165, 1.54) is 23.5 Å². The Morgan fingerprint density at radius 2 is 2.00 bits per heavy atom. The van der Waals surface area contributed by atoms with Crippen molar-refractivity contribution in [3.05, 3.63) is 58.3 Å². The van der Waals surface area contributed by atoms with Crippen molar-refractivity contribution < 1.29 is 13.9 Å². The van der Waals surface area contributed by atoms with E-state index in [9.17, 15) is 4.79 Å². The van der Waals surface area contributed by atoms with Crippen molar-refractivity contribution in [3.63, 3.8) is 0 Å². The Balaban J connectivity index is 1.96. The molecule has 0 bridgehead atoms. The maximum atomic E-state index is 12.3. The zero-order valence-electron chi connectivity index (χ0n) is 13.5. The summed E-state index contributed by atoms with van der Waals surface area (Å²) in [5, 5.41) is 15.0. The molecule has 0 aliphatic heterocycles. The molecule has 10 heteroatoms. The van der Waals surface area contributed by atoms with Crippen LogP contribution in [0, 0.1) is 0 Å². The SMILES string of the molecule is CCOC(=O)c1c(Nc2ccc(Cl)cc2)oc(/C=N\n2cnnc2)c1Cl. The second-order valence-corrected chi connectivity index (χ2v) is 5.74.